The molecule has 3 aliphatic heterocycles. The number of halogens is 6. The molecule has 0 radical (unpaired) electrons. The highest BCUT2D eigenvalue weighted by Crippen LogP contribution is 2.43. The standard InChI is InChI=1S/C22H22BrFN8O3.C16H21N5O3.C12H13N5O3.C12H19N3O2.C10H11BrFN3O.C10H14BrN3O3.CH4.ClH.S5.S4.S3.S2.H2S/c23-17-2-1-3-18(27-17)28-22(35)16-6-13(24)9-31(16)19(33)11-30-10-15(20(29-30)21(25)34)12-7-26-32(8-12)14-4-5-14;1-16(2,3)24-13(22)9-20-8-12(14(19-20)15(17)23)10-6-18-21(7-10)11-4-5-11;13-12(20)11-9(5-16(15-11)6-10(18)19)7-3-14-17(4-7)8-1-2-8;1-11(2)12(3,4)17-15(16-11)10-7-13-14(8-10)9-5-6-9;11-8-2-1-3-9(14-8)15-10(16)7-4-6(12)5-13-7;1-10(2,3)17-7(15)5-14-4-6(11)8(13-14)9(12)16;;;1-3-5-4-2;1-3-4-2;1-3-2;1-2;/h1-3,7-8,10,13-14,16H,4-6,9,11H2,(H2,25,34)(H,27,28,35);6-8,11H,4-5,9H2,1-3H3,(H2,17,23);3-5,8H,1-2,6H2,(H2,13,20)(H,18,19);7-9H,5-6H2,1-4H3;1-3,6-7,13H,4-5H2,(H,14,15,16);4H,5H2,1-3H3,(H2,12,16);1H4;1H;;;;;1H2/t13-,16+;;;;6-,7+;;;;;;;;/m1...1......../s1. The lowest BCUT2D eigenvalue weighted by Crippen LogP contribution is -2.44. The van der Waals surface area contributed by atoms with Gasteiger partial charge in [0.05, 0.1) is 72.2 Å². The summed E-state index contributed by atoms with van der Waals surface area (Å²) < 4.78 is 51.8. The minimum absolute atomic E-state index is 0. The smallest absolute Gasteiger partial charge is 0.328 e. The lowest BCUT2D eigenvalue weighted by molar-refractivity contribution is -0.156. The van der Waals surface area contributed by atoms with Crippen LogP contribution in [-0.2, 0) is 217 Å². The Balaban J connectivity index is 0.000000305. The number of esters is 2. The maximum atomic E-state index is 14.3. The van der Waals surface area contributed by atoms with Crippen LogP contribution in [0.15, 0.2) is 124 Å². The van der Waals surface area contributed by atoms with E-state index in [2.05, 4.69) is 204 Å². The summed E-state index contributed by atoms with van der Waals surface area (Å²) in [6.45, 7) is 18.1. The number of carboxylic acid groups (broad SMARTS) is 1. The minimum Gasteiger partial charge on any atom is -0.480 e. The van der Waals surface area contributed by atoms with Crippen LogP contribution in [0.4, 0.5) is 26.1 Å². The predicted octanol–water partition coefficient (Wildman–Crippen LogP) is 9.87. The number of pyridine rings is 2. The number of hydrogen-bond donors (Lipinski definition) is 8. The molecular weight excluding hydrogens is 2410 g/mol. The molecule has 7 aliphatic rings. The van der Waals surface area contributed by atoms with Gasteiger partial charge < -0.3 is 58.4 Å². The third-order valence-electron chi connectivity index (χ3n) is 20.5. The maximum absolute atomic E-state index is 14.3. The van der Waals surface area contributed by atoms with Crippen LogP contribution in [0.2, 0.25) is 0 Å². The van der Waals surface area contributed by atoms with Gasteiger partial charge in [-0.3, -0.25) is 85.4 Å². The Morgan fingerprint density at radius 1 is 0.514 bits per heavy atom. The van der Waals surface area contributed by atoms with Crippen LogP contribution in [0, 0.1) is 0 Å². The van der Waals surface area contributed by atoms with Gasteiger partial charge in [-0.25, -0.2) is 28.4 Å². The fourth-order valence-electron chi connectivity index (χ4n) is 13.1. The van der Waals surface area contributed by atoms with Crippen LogP contribution in [0.3, 0.4) is 0 Å². The third kappa shape index (κ3) is 40.9. The molecule has 796 valence electrons. The van der Waals surface area contributed by atoms with Gasteiger partial charge in [-0.2, -0.15) is 54.3 Å². The molecule has 4 saturated carbocycles. The molecule has 17 rings (SSSR count). The number of nitrogens with one attached hydrogen (secondary N) is 3. The van der Waals surface area contributed by atoms with Crippen molar-refractivity contribution >= 4 is 293 Å². The summed E-state index contributed by atoms with van der Waals surface area (Å²) in [6, 6.07) is 10.6. The van der Waals surface area contributed by atoms with Crippen molar-refractivity contribution in [2.75, 3.05) is 28.9 Å². The fourth-order valence-corrected chi connectivity index (χ4v) is 17.0. The normalized spacial score (nSPS) is 16.6. The summed E-state index contributed by atoms with van der Waals surface area (Å²) in [4.78, 5) is 139. The van der Waals surface area contributed by atoms with Crippen LogP contribution in [-0.4, -0.2) is 217 Å². The molecule has 7 amide bonds. The molecule has 12 N–H and O–H groups in total. The van der Waals surface area contributed by atoms with Crippen molar-refractivity contribution in [2.45, 2.75) is 238 Å². The molecule has 0 unspecified atom stereocenters. The van der Waals surface area contributed by atoms with E-state index in [-0.39, 0.29) is 131 Å². The first-order valence-electron chi connectivity index (χ1n) is 42.8. The number of anilines is 3. The molecule has 10 aromatic heterocycles. The largest absolute Gasteiger partial charge is 0.480 e. The summed E-state index contributed by atoms with van der Waals surface area (Å²) in [5.74, 6) is -5.16. The number of carbonyl (C=O) groups is 10. The summed E-state index contributed by atoms with van der Waals surface area (Å²) in [6.07, 6.45) is 27.2. The fraction of sp³-hybridized carbons (Fsp3) is 0.470. The second-order valence-corrected chi connectivity index (χ2v) is 47.9. The molecule has 0 aromatic carbocycles. The number of amides is 7. The molecule has 10 aromatic rings. The maximum Gasteiger partial charge on any atom is 0.328 e. The number of nitrogens with two attached hydrogens (primary N) is 4. The van der Waals surface area contributed by atoms with E-state index in [4.69, 9.17) is 47.2 Å². The SMILES string of the molecule is C.CC(C)(C)OC(=O)Cn1cc(-c2cnn(C3CC3)c2)c(C(N)=O)n1.CC(C)(C)OC(=O)Cn1cc(Br)c(C(N)=O)n1.CC1(C)ON(c2cnn(C3CC3)c2)OC1(C)C.Cl.NC(=O)c1nn(CC(=O)N2C[C@H](F)C[C@H]2C(=O)Nc2cccc(Br)n2)cc1-c1cnn(C2CC2)c1.NC(=O)c1nn(CC(=O)O)cc1-c1cnn(C2CC2)c1.O=C(Nc1cccc(Br)n1)[C@@H]1C[C@@H](F)CN1.S.S=S.S=S=S.S=S=S=S.S=S=S=S=S. The van der Waals surface area contributed by atoms with E-state index in [0.29, 0.717) is 71.5 Å². The van der Waals surface area contributed by atoms with E-state index in [9.17, 15) is 56.7 Å². The summed E-state index contributed by atoms with van der Waals surface area (Å²) in [5, 5.41) is 51.6. The Hall–Kier alpha value is -8.62. The number of aromatic nitrogens is 18. The number of carboxylic acids is 1. The van der Waals surface area contributed by atoms with Crippen molar-refractivity contribution in [2.24, 2.45) is 22.9 Å². The molecule has 146 heavy (non-hydrogen) atoms. The van der Waals surface area contributed by atoms with Crippen molar-refractivity contribution in [3.05, 3.63) is 147 Å². The highest BCUT2D eigenvalue weighted by atomic mass is 79.9. The highest BCUT2D eigenvalue weighted by molar-refractivity contribution is 9.11. The molecule has 0 bridgehead atoms. The number of alkyl halides is 2. The van der Waals surface area contributed by atoms with Crippen LogP contribution in [0.1, 0.15) is 207 Å². The second-order valence-electron chi connectivity index (χ2n) is 34.8. The van der Waals surface area contributed by atoms with Gasteiger partial charge in [0.1, 0.15) is 93.5 Å². The van der Waals surface area contributed by atoms with E-state index in [1.54, 1.807) is 109 Å². The molecule has 3 saturated heterocycles. The topological polar surface area (TPSA) is 543 Å². The van der Waals surface area contributed by atoms with Crippen molar-refractivity contribution in [3.8, 4) is 33.4 Å². The van der Waals surface area contributed by atoms with E-state index in [0.717, 1.165) is 58.7 Å². The van der Waals surface area contributed by atoms with Crippen LogP contribution in [0.5, 0.6) is 0 Å². The summed E-state index contributed by atoms with van der Waals surface area (Å²) in [5.41, 5.74) is 24.3. The zero-order valence-corrected chi connectivity index (χ0v) is 96.8. The van der Waals surface area contributed by atoms with Gasteiger partial charge in [0.2, 0.25) is 17.7 Å². The Labute approximate surface area is 933 Å². The minimum atomic E-state index is -1.34. The first kappa shape index (κ1) is 128. The van der Waals surface area contributed by atoms with Gasteiger partial charge in [0.15, 0.2) is 22.8 Å². The average molecular weight is 2520 g/mol. The van der Waals surface area contributed by atoms with Gasteiger partial charge in [-0.1, -0.05) is 19.6 Å². The third-order valence-corrected chi connectivity index (χ3v) is 28.7. The first-order chi connectivity index (χ1) is 67.5. The quantitative estimate of drug-likeness (QED) is 0.0206. The lowest BCUT2D eigenvalue weighted by Gasteiger charge is -2.26. The Bertz CT molecular complexity index is 6450. The monoisotopic (exact) mass is 2510 g/mol. The van der Waals surface area contributed by atoms with Crippen molar-refractivity contribution < 1.29 is 81.0 Å². The predicted molar refractivity (Wildman–Crippen MR) is 597 cm³/mol. The van der Waals surface area contributed by atoms with Gasteiger partial charge in [0, 0.05) is 239 Å². The molecule has 63 heteroatoms. The second kappa shape index (κ2) is 59.8. The molecule has 0 spiro atoms. The van der Waals surface area contributed by atoms with Gasteiger partial charge in [0.25, 0.3) is 23.6 Å². The number of aliphatic carboxylic acids is 1. The summed E-state index contributed by atoms with van der Waals surface area (Å²) in [7, 11) is 7.21. The highest BCUT2D eigenvalue weighted by Gasteiger charge is 2.51. The lowest BCUT2D eigenvalue weighted by atomic mass is 9.90. The molecular formula is C83H107Br3ClF2N27O15S15. The zero-order valence-electron chi connectivity index (χ0n) is 78.8. The molecule has 13 heterocycles. The molecule has 4 atom stereocenters. The molecule has 42 nitrogen and oxygen atoms in total. The summed E-state index contributed by atoms with van der Waals surface area (Å²) >= 11 is 42.7. The van der Waals surface area contributed by atoms with Crippen LogP contribution < -0.4 is 44.1 Å². The van der Waals surface area contributed by atoms with Crippen LogP contribution >= 0.6 is 73.7 Å². The van der Waals surface area contributed by atoms with Gasteiger partial charge in [-0.15, -0.1) is 17.6 Å². The van der Waals surface area contributed by atoms with Crippen molar-refractivity contribution in [1.82, 2.24) is 98.4 Å². The number of hydrogen-bond acceptors (Lipinski definition) is 34. The van der Waals surface area contributed by atoms with E-state index >= 15 is 0 Å². The number of primary amides is 4. The van der Waals surface area contributed by atoms with Crippen molar-refractivity contribution in [3.63, 3.8) is 0 Å². The van der Waals surface area contributed by atoms with E-state index in [1.165, 1.54) is 105 Å². The number of rotatable bonds is 24. The van der Waals surface area contributed by atoms with E-state index < -0.39 is 89.0 Å². The number of carbonyl (C=O) groups excluding carboxylic acids is 9. The Kier molecular flexibility index (Phi) is 52.4. The Morgan fingerprint density at radius 2 is 0.870 bits per heavy atom. The average Bonchev–Trinajstić information content (AvgIpc) is 1.60. The molecule has 7 fully saturated rings. The van der Waals surface area contributed by atoms with E-state index in [1.807, 2.05) is 71.2 Å². The first-order valence-corrected chi connectivity index (χ1v) is 58.5. The molecule has 4 aliphatic carbocycles. The number of likely N-dealkylation sites (tertiary alicyclic amines) is 1. The van der Waals surface area contributed by atoms with Crippen molar-refractivity contribution in [1.29, 1.82) is 0 Å². The zero-order chi connectivity index (χ0) is 106. The van der Waals surface area contributed by atoms with Gasteiger partial charge in [-0.05, 0) is 193 Å². The van der Waals surface area contributed by atoms with Crippen LogP contribution in [0.25, 0.3) is 33.4 Å². The number of nitrogens with zero attached hydrogens (tertiary/aromatic N) is 20. The number of ether oxygens (including phenoxy) is 2. The van der Waals surface area contributed by atoms with Gasteiger partial charge >= 0.3 is 17.9 Å². The Morgan fingerprint density at radius 3 is 1.20 bits per heavy atom.